The van der Waals surface area contributed by atoms with Gasteiger partial charge >= 0.3 is 0 Å². The Morgan fingerprint density at radius 1 is 1.06 bits per heavy atom. The van der Waals surface area contributed by atoms with Gasteiger partial charge in [-0.1, -0.05) is 11.6 Å². The number of rotatable bonds is 2. The summed E-state index contributed by atoms with van der Waals surface area (Å²) in [5.74, 6) is -0.0274. The minimum absolute atomic E-state index is 0.127. The Kier molecular flexibility index (Phi) is 2.52. The number of anilines is 2. The maximum atomic E-state index is 12.8. The third-order valence-electron chi connectivity index (χ3n) is 2.18. The van der Waals surface area contributed by atoms with E-state index in [2.05, 4.69) is 30.2 Å². The van der Waals surface area contributed by atoms with Gasteiger partial charge in [-0.2, -0.15) is 0 Å². The van der Waals surface area contributed by atoms with E-state index in [-0.39, 0.29) is 22.3 Å². The number of nitrogens with zero attached hydrogens (tertiary/aromatic N) is 4. The highest BCUT2D eigenvalue weighted by Crippen LogP contribution is 2.23. The SMILES string of the molecule is Fc1ccc(Nc2nc3nonc3nc2Cl)cc1. The first-order chi connectivity index (χ1) is 8.72. The van der Waals surface area contributed by atoms with Gasteiger partial charge < -0.3 is 5.32 Å². The van der Waals surface area contributed by atoms with Gasteiger partial charge in [-0.25, -0.2) is 19.0 Å². The van der Waals surface area contributed by atoms with Crippen molar-refractivity contribution in [3.05, 3.63) is 35.2 Å². The lowest BCUT2D eigenvalue weighted by atomic mass is 10.3. The average Bonchev–Trinajstić information content (AvgIpc) is 2.79. The van der Waals surface area contributed by atoms with Gasteiger partial charge in [0.15, 0.2) is 11.0 Å². The second-order valence-electron chi connectivity index (χ2n) is 3.41. The zero-order chi connectivity index (χ0) is 12.5. The molecule has 2 aromatic heterocycles. The van der Waals surface area contributed by atoms with Gasteiger partial charge in [-0.15, -0.1) is 0 Å². The number of aromatic nitrogens is 4. The van der Waals surface area contributed by atoms with E-state index in [1.807, 2.05) is 0 Å². The van der Waals surface area contributed by atoms with E-state index >= 15 is 0 Å². The summed E-state index contributed by atoms with van der Waals surface area (Å²) >= 11 is 5.92. The molecule has 90 valence electrons. The minimum Gasteiger partial charge on any atom is -0.338 e. The maximum absolute atomic E-state index is 12.8. The minimum atomic E-state index is -0.325. The van der Waals surface area contributed by atoms with Crippen LogP contribution in [0.5, 0.6) is 0 Å². The van der Waals surface area contributed by atoms with Gasteiger partial charge in [0, 0.05) is 5.69 Å². The Hall–Kier alpha value is -2.28. The van der Waals surface area contributed by atoms with E-state index in [4.69, 9.17) is 11.6 Å². The molecule has 0 aliphatic rings. The predicted molar refractivity (Wildman–Crippen MR) is 62.1 cm³/mol. The van der Waals surface area contributed by atoms with Crippen LogP contribution in [-0.2, 0) is 0 Å². The second-order valence-corrected chi connectivity index (χ2v) is 3.76. The molecule has 0 saturated carbocycles. The molecule has 0 amide bonds. The first-order valence-corrected chi connectivity index (χ1v) is 5.28. The largest absolute Gasteiger partial charge is 0.338 e. The molecule has 8 heteroatoms. The molecule has 3 rings (SSSR count). The summed E-state index contributed by atoms with van der Waals surface area (Å²) in [6.07, 6.45) is 0. The lowest BCUT2D eigenvalue weighted by Crippen LogP contribution is -1.97. The van der Waals surface area contributed by atoms with Crippen molar-refractivity contribution in [2.24, 2.45) is 0 Å². The Morgan fingerprint density at radius 3 is 2.44 bits per heavy atom. The first kappa shape index (κ1) is 10.8. The predicted octanol–water partition coefficient (Wildman–Crippen LogP) is 2.55. The molecular weight excluding hydrogens is 261 g/mol. The number of halogens is 2. The zero-order valence-electron chi connectivity index (χ0n) is 8.76. The smallest absolute Gasteiger partial charge is 0.245 e. The van der Waals surface area contributed by atoms with E-state index < -0.39 is 0 Å². The number of hydrogen-bond acceptors (Lipinski definition) is 6. The summed E-state index contributed by atoms with van der Waals surface area (Å²) in [5, 5.41) is 10.1. The van der Waals surface area contributed by atoms with Gasteiger partial charge in [-0.05, 0) is 34.6 Å². The Labute approximate surface area is 105 Å². The molecule has 0 unspecified atom stereocenters. The van der Waals surface area contributed by atoms with Crippen LogP contribution in [0.4, 0.5) is 15.9 Å². The van der Waals surface area contributed by atoms with Crippen molar-refractivity contribution >= 4 is 34.4 Å². The standard InChI is InChI=1S/C10H5ClFN5O/c11-7-8(13-6-3-1-5(12)2-4-6)15-10-9(14-7)16-18-17-10/h1-4H,(H,13,15,17). The van der Waals surface area contributed by atoms with Crippen molar-refractivity contribution in [1.29, 1.82) is 0 Å². The maximum Gasteiger partial charge on any atom is 0.245 e. The van der Waals surface area contributed by atoms with E-state index in [9.17, 15) is 4.39 Å². The highest BCUT2D eigenvalue weighted by atomic mass is 35.5. The van der Waals surface area contributed by atoms with Crippen molar-refractivity contribution in [2.75, 3.05) is 5.32 Å². The number of fused-ring (bicyclic) bond motifs is 1. The Balaban J connectivity index is 1.98. The quantitative estimate of drug-likeness (QED) is 0.767. The molecule has 0 radical (unpaired) electrons. The molecule has 0 aliphatic carbocycles. The lowest BCUT2D eigenvalue weighted by molar-refractivity contribution is 0.314. The van der Waals surface area contributed by atoms with Crippen LogP contribution in [-0.4, -0.2) is 20.3 Å². The summed E-state index contributed by atoms with van der Waals surface area (Å²) in [6, 6.07) is 5.75. The molecule has 0 bridgehead atoms. The van der Waals surface area contributed by atoms with E-state index in [0.717, 1.165) is 0 Å². The lowest BCUT2D eigenvalue weighted by Gasteiger charge is -2.05. The summed E-state index contributed by atoms with van der Waals surface area (Å²) in [6.45, 7) is 0. The summed E-state index contributed by atoms with van der Waals surface area (Å²) in [4.78, 5) is 8.03. The molecule has 0 spiro atoms. The number of hydrogen-bond donors (Lipinski definition) is 1. The van der Waals surface area contributed by atoms with Crippen molar-refractivity contribution in [3.8, 4) is 0 Å². The molecular formula is C10H5ClFN5O. The van der Waals surface area contributed by atoms with Crippen LogP contribution >= 0.6 is 11.6 Å². The van der Waals surface area contributed by atoms with Crippen LogP contribution < -0.4 is 5.32 Å². The molecule has 0 saturated heterocycles. The van der Waals surface area contributed by atoms with Crippen LogP contribution in [0.3, 0.4) is 0 Å². The van der Waals surface area contributed by atoms with Crippen molar-refractivity contribution < 1.29 is 9.02 Å². The Morgan fingerprint density at radius 2 is 1.72 bits per heavy atom. The molecule has 3 aromatic rings. The molecule has 1 N–H and O–H groups in total. The average molecular weight is 266 g/mol. The first-order valence-electron chi connectivity index (χ1n) is 4.91. The fourth-order valence-corrected chi connectivity index (χ4v) is 1.54. The van der Waals surface area contributed by atoms with Crippen molar-refractivity contribution in [1.82, 2.24) is 20.3 Å². The summed E-state index contributed by atoms with van der Waals surface area (Å²) < 4.78 is 17.2. The van der Waals surface area contributed by atoms with Gasteiger partial charge in [0.25, 0.3) is 0 Å². The molecule has 2 heterocycles. The van der Waals surface area contributed by atoms with Gasteiger partial charge in [0.05, 0.1) is 0 Å². The monoisotopic (exact) mass is 265 g/mol. The van der Waals surface area contributed by atoms with E-state index in [0.29, 0.717) is 11.5 Å². The van der Waals surface area contributed by atoms with Crippen LogP contribution in [0.1, 0.15) is 0 Å². The van der Waals surface area contributed by atoms with Crippen LogP contribution in [0.25, 0.3) is 11.3 Å². The van der Waals surface area contributed by atoms with Gasteiger partial charge in [-0.3, -0.25) is 0 Å². The van der Waals surface area contributed by atoms with Crippen molar-refractivity contribution in [2.45, 2.75) is 0 Å². The number of benzene rings is 1. The third-order valence-corrected chi connectivity index (χ3v) is 2.44. The number of nitrogens with one attached hydrogen (secondary N) is 1. The van der Waals surface area contributed by atoms with Gasteiger partial charge in [0.2, 0.25) is 11.3 Å². The topological polar surface area (TPSA) is 76.7 Å². The molecule has 1 aromatic carbocycles. The third kappa shape index (κ3) is 1.95. The molecule has 0 atom stereocenters. The molecule has 18 heavy (non-hydrogen) atoms. The molecule has 0 aliphatic heterocycles. The van der Waals surface area contributed by atoms with Crippen LogP contribution in [0.15, 0.2) is 28.9 Å². The van der Waals surface area contributed by atoms with E-state index in [1.165, 1.54) is 12.1 Å². The Bertz CT molecular complexity index is 699. The van der Waals surface area contributed by atoms with Crippen LogP contribution in [0.2, 0.25) is 5.15 Å². The van der Waals surface area contributed by atoms with E-state index in [1.54, 1.807) is 12.1 Å². The molecule has 6 nitrogen and oxygen atoms in total. The fraction of sp³-hybridized carbons (Fsp3) is 0. The van der Waals surface area contributed by atoms with Crippen LogP contribution in [0, 0.1) is 5.82 Å². The highest BCUT2D eigenvalue weighted by molar-refractivity contribution is 6.32. The normalized spacial score (nSPS) is 10.8. The zero-order valence-corrected chi connectivity index (χ0v) is 9.52. The second kappa shape index (κ2) is 4.19. The molecule has 0 fully saturated rings. The van der Waals surface area contributed by atoms with Gasteiger partial charge in [0.1, 0.15) is 5.82 Å². The summed E-state index contributed by atoms with van der Waals surface area (Å²) in [7, 11) is 0. The van der Waals surface area contributed by atoms with Crippen molar-refractivity contribution in [3.63, 3.8) is 0 Å². The highest BCUT2D eigenvalue weighted by Gasteiger charge is 2.10. The summed E-state index contributed by atoms with van der Waals surface area (Å²) in [5.41, 5.74) is 1.09. The fourth-order valence-electron chi connectivity index (χ4n) is 1.37.